The molecule has 3 rings (SSSR count). The molecule has 19 heavy (non-hydrogen) atoms. The number of nitrogens with zero attached hydrogens (tertiary/aromatic N) is 2. The Bertz CT molecular complexity index is 480. The number of imide groups is 1. The lowest BCUT2D eigenvalue weighted by molar-refractivity contribution is -0.116. The molecule has 3 amide bonds. The van der Waals surface area contributed by atoms with Crippen molar-refractivity contribution in [2.24, 2.45) is 0 Å². The number of para-hydroxylation sites is 1. The molecule has 1 saturated heterocycles. The third-order valence-corrected chi connectivity index (χ3v) is 4.02. The summed E-state index contributed by atoms with van der Waals surface area (Å²) < 4.78 is 0. The molecule has 1 aliphatic heterocycles. The fourth-order valence-electron chi connectivity index (χ4n) is 3.03. The predicted molar refractivity (Wildman–Crippen MR) is 72.9 cm³/mol. The van der Waals surface area contributed by atoms with Gasteiger partial charge in [0.15, 0.2) is 0 Å². The molecule has 0 atom stereocenters. The first-order valence-electron chi connectivity index (χ1n) is 6.96. The largest absolute Gasteiger partial charge is 0.332 e. The Balaban J connectivity index is 1.81. The molecule has 0 bridgehead atoms. The van der Waals surface area contributed by atoms with Crippen molar-refractivity contribution in [2.75, 3.05) is 11.4 Å². The predicted octanol–water partition coefficient (Wildman–Crippen LogP) is 2.79. The Hall–Kier alpha value is -1.84. The molecule has 0 N–H and O–H groups in total. The van der Waals surface area contributed by atoms with Crippen LogP contribution in [0.5, 0.6) is 0 Å². The van der Waals surface area contributed by atoms with E-state index in [2.05, 4.69) is 0 Å². The van der Waals surface area contributed by atoms with E-state index < -0.39 is 0 Å². The number of hydrogen-bond donors (Lipinski definition) is 0. The lowest BCUT2D eigenvalue weighted by Crippen LogP contribution is -2.40. The van der Waals surface area contributed by atoms with Gasteiger partial charge in [0.25, 0.3) is 5.91 Å². The van der Waals surface area contributed by atoms with Gasteiger partial charge in [-0.15, -0.1) is 0 Å². The molecule has 2 aliphatic rings. The molecule has 0 radical (unpaired) electrons. The van der Waals surface area contributed by atoms with E-state index in [0.717, 1.165) is 25.7 Å². The summed E-state index contributed by atoms with van der Waals surface area (Å²) in [4.78, 5) is 27.6. The van der Waals surface area contributed by atoms with Crippen LogP contribution < -0.4 is 4.90 Å². The van der Waals surface area contributed by atoms with E-state index in [1.807, 2.05) is 18.2 Å². The van der Waals surface area contributed by atoms with Crippen molar-refractivity contribution in [1.29, 1.82) is 0 Å². The standard InChI is InChI=1S/C15H18N2O2/c18-14-11-16(12-7-3-1-4-8-12)15(19)17(14)13-9-5-2-6-10-13/h2,5-6,9-10,12H,1,3-4,7-8,11H2. The molecule has 1 aliphatic carbocycles. The monoisotopic (exact) mass is 258 g/mol. The third kappa shape index (κ3) is 2.23. The van der Waals surface area contributed by atoms with Crippen molar-refractivity contribution in [3.05, 3.63) is 30.3 Å². The molecular weight excluding hydrogens is 240 g/mol. The second-order valence-electron chi connectivity index (χ2n) is 5.27. The summed E-state index contributed by atoms with van der Waals surface area (Å²) in [5, 5.41) is 0. The highest BCUT2D eigenvalue weighted by atomic mass is 16.2. The molecule has 1 aromatic carbocycles. The topological polar surface area (TPSA) is 40.6 Å². The molecule has 2 fully saturated rings. The number of rotatable bonds is 2. The Morgan fingerprint density at radius 1 is 0.947 bits per heavy atom. The number of carbonyl (C=O) groups excluding carboxylic acids is 2. The molecule has 100 valence electrons. The van der Waals surface area contributed by atoms with Gasteiger partial charge in [-0.25, -0.2) is 9.69 Å². The van der Waals surface area contributed by atoms with Crippen LogP contribution in [0.15, 0.2) is 30.3 Å². The zero-order valence-electron chi connectivity index (χ0n) is 10.9. The molecule has 4 nitrogen and oxygen atoms in total. The number of carbonyl (C=O) groups is 2. The summed E-state index contributed by atoms with van der Waals surface area (Å²) in [6, 6.07) is 9.29. The maximum absolute atomic E-state index is 12.4. The molecule has 1 saturated carbocycles. The minimum absolute atomic E-state index is 0.109. The van der Waals surface area contributed by atoms with Crippen LogP contribution in [-0.4, -0.2) is 29.4 Å². The van der Waals surface area contributed by atoms with Gasteiger partial charge in [0.05, 0.1) is 5.69 Å². The second-order valence-corrected chi connectivity index (χ2v) is 5.27. The zero-order valence-corrected chi connectivity index (χ0v) is 10.9. The molecule has 1 heterocycles. The smallest absolute Gasteiger partial charge is 0.312 e. The first-order chi connectivity index (χ1) is 9.27. The van der Waals surface area contributed by atoms with Gasteiger partial charge in [-0.05, 0) is 25.0 Å². The SMILES string of the molecule is O=C1CN(C2CCCCC2)C(=O)N1c1ccccc1. The van der Waals surface area contributed by atoms with E-state index >= 15 is 0 Å². The number of amides is 3. The summed E-state index contributed by atoms with van der Waals surface area (Å²) in [6.45, 7) is 0.235. The van der Waals surface area contributed by atoms with E-state index in [-0.39, 0.29) is 24.5 Å². The molecule has 0 spiro atoms. The van der Waals surface area contributed by atoms with Crippen LogP contribution >= 0.6 is 0 Å². The lowest BCUT2D eigenvalue weighted by atomic mass is 9.94. The number of anilines is 1. The molecule has 1 aromatic rings. The van der Waals surface area contributed by atoms with Gasteiger partial charge in [0.2, 0.25) is 0 Å². The number of urea groups is 1. The van der Waals surface area contributed by atoms with Gasteiger partial charge in [-0.3, -0.25) is 4.79 Å². The van der Waals surface area contributed by atoms with E-state index in [1.54, 1.807) is 17.0 Å². The van der Waals surface area contributed by atoms with Gasteiger partial charge in [-0.1, -0.05) is 37.5 Å². The summed E-state index contributed by atoms with van der Waals surface area (Å²) in [7, 11) is 0. The van der Waals surface area contributed by atoms with Crippen LogP contribution in [0.25, 0.3) is 0 Å². The summed E-state index contributed by atoms with van der Waals surface area (Å²) in [6.07, 6.45) is 5.63. The van der Waals surface area contributed by atoms with Gasteiger partial charge >= 0.3 is 6.03 Å². The maximum atomic E-state index is 12.4. The minimum Gasteiger partial charge on any atom is -0.312 e. The Morgan fingerprint density at radius 2 is 1.63 bits per heavy atom. The normalized spacial score (nSPS) is 21.3. The fraction of sp³-hybridized carbons (Fsp3) is 0.467. The first kappa shape index (κ1) is 12.2. The van der Waals surface area contributed by atoms with Crippen LogP contribution in [-0.2, 0) is 4.79 Å². The van der Waals surface area contributed by atoms with Gasteiger partial charge in [-0.2, -0.15) is 0 Å². The first-order valence-corrected chi connectivity index (χ1v) is 6.96. The van der Waals surface area contributed by atoms with Gasteiger partial charge < -0.3 is 4.90 Å². The number of benzene rings is 1. The zero-order chi connectivity index (χ0) is 13.2. The van der Waals surface area contributed by atoms with E-state index in [0.29, 0.717) is 5.69 Å². The van der Waals surface area contributed by atoms with E-state index in [1.165, 1.54) is 11.3 Å². The quantitative estimate of drug-likeness (QED) is 0.765. The second kappa shape index (κ2) is 5.03. The minimum atomic E-state index is -0.150. The summed E-state index contributed by atoms with van der Waals surface area (Å²) >= 11 is 0. The van der Waals surface area contributed by atoms with Crippen molar-refractivity contribution in [3.8, 4) is 0 Å². The van der Waals surface area contributed by atoms with Gasteiger partial charge in [0, 0.05) is 6.04 Å². The van der Waals surface area contributed by atoms with Crippen molar-refractivity contribution >= 4 is 17.6 Å². The fourth-order valence-corrected chi connectivity index (χ4v) is 3.03. The van der Waals surface area contributed by atoms with Gasteiger partial charge in [0.1, 0.15) is 6.54 Å². The van der Waals surface area contributed by atoms with E-state index in [9.17, 15) is 9.59 Å². The van der Waals surface area contributed by atoms with Crippen LogP contribution in [0.3, 0.4) is 0 Å². The lowest BCUT2D eigenvalue weighted by Gasteiger charge is -2.30. The summed E-state index contributed by atoms with van der Waals surface area (Å²) in [5.41, 5.74) is 0.677. The molecule has 0 aromatic heterocycles. The summed E-state index contributed by atoms with van der Waals surface area (Å²) in [5.74, 6) is -0.109. The Morgan fingerprint density at radius 3 is 2.32 bits per heavy atom. The van der Waals surface area contributed by atoms with Crippen LogP contribution in [0.4, 0.5) is 10.5 Å². The molecule has 4 heteroatoms. The highest BCUT2D eigenvalue weighted by molar-refractivity contribution is 6.19. The van der Waals surface area contributed by atoms with Crippen LogP contribution in [0.2, 0.25) is 0 Å². The van der Waals surface area contributed by atoms with Crippen molar-refractivity contribution in [2.45, 2.75) is 38.1 Å². The van der Waals surface area contributed by atoms with Crippen LogP contribution in [0.1, 0.15) is 32.1 Å². The number of hydrogen-bond acceptors (Lipinski definition) is 2. The molecular formula is C15H18N2O2. The van der Waals surface area contributed by atoms with Crippen molar-refractivity contribution in [1.82, 2.24) is 4.90 Å². The average Bonchev–Trinajstić information content (AvgIpc) is 2.76. The maximum Gasteiger partial charge on any atom is 0.332 e. The molecule has 0 unspecified atom stereocenters. The average molecular weight is 258 g/mol. The Kier molecular flexibility index (Phi) is 3.23. The van der Waals surface area contributed by atoms with Crippen LogP contribution in [0, 0.1) is 0 Å². The van der Waals surface area contributed by atoms with Crippen molar-refractivity contribution < 1.29 is 9.59 Å². The van der Waals surface area contributed by atoms with E-state index in [4.69, 9.17) is 0 Å². The Labute approximate surface area is 113 Å². The third-order valence-electron chi connectivity index (χ3n) is 4.02. The highest BCUT2D eigenvalue weighted by Crippen LogP contribution is 2.28. The highest BCUT2D eigenvalue weighted by Gasteiger charge is 2.40. The van der Waals surface area contributed by atoms with Crippen molar-refractivity contribution in [3.63, 3.8) is 0 Å².